The largest absolute Gasteiger partial charge is 0.494 e. The van der Waals surface area contributed by atoms with E-state index in [1.54, 1.807) is 25.1 Å². The van der Waals surface area contributed by atoms with Gasteiger partial charge in [0.1, 0.15) is 12.6 Å². The maximum atomic E-state index is 12.7. The lowest BCUT2D eigenvalue weighted by Gasteiger charge is -2.33. The SMILES string of the molecule is CCC1C(=O)NC(=O)CN1C(=O)c1cccc(N)c1OC. The first kappa shape index (κ1) is 14.8. The smallest absolute Gasteiger partial charge is 0.258 e. The van der Waals surface area contributed by atoms with Crippen molar-refractivity contribution in [2.45, 2.75) is 19.4 Å². The van der Waals surface area contributed by atoms with Gasteiger partial charge >= 0.3 is 0 Å². The lowest BCUT2D eigenvalue weighted by atomic mass is 10.1. The van der Waals surface area contributed by atoms with Crippen molar-refractivity contribution in [3.05, 3.63) is 23.8 Å². The first-order chi connectivity index (χ1) is 9.99. The normalized spacial score (nSPS) is 18.4. The van der Waals surface area contributed by atoms with Crippen molar-refractivity contribution in [3.8, 4) is 5.75 Å². The summed E-state index contributed by atoms with van der Waals surface area (Å²) in [5, 5.41) is 2.23. The molecule has 1 heterocycles. The molecule has 0 saturated carbocycles. The van der Waals surface area contributed by atoms with Gasteiger partial charge in [-0.1, -0.05) is 13.0 Å². The molecule has 3 N–H and O–H groups in total. The minimum Gasteiger partial charge on any atom is -0.494 e. The van der Waals surface area contributed by atoms with Gasteiger partial charge in [0, 0.05) is 0 Å². The Balaban J connectivity index is 2.40. The third kappa shape index (κ3) is 2.67. The van der Waals surface area contributed by atoms with Gasteiger partial charge in [-0.25, -0.2) is 0 Å². The second-order valence-electron chi connectivity index (χ2n) is 4.70. The van der Waals surface area contributed by atoms with Gasteiger partial charge in [0.25, 0.3) is 5.91 Å². The molecule has 0 aliphatic carbocycles. The quantitative estimate of drug-likeness (QED) is 0.610. The maximum Gasteiger partial charge on any atom is 0.258 e. The molecular formula is C14H17N3O4. The number of nitrogen functional groups attached to an aromatic ring is 1. The second kappa shape index (κ2) is 5.82. The molecule has 1 fully saturated rings. The molecule has 1 unspecified atom stereocenters. The van der Waals surface area contributed by atoms with Gasteiger partial charge in [-0.3, -0.25) is 19.7 Å². The number of para-hydroxylation sites is 1. The molecule has 0 radical (unpaired) electrons. The Morgan fingerprint density at radius 1 is 1.48 bits per heavy atom. The average molecular weight is 291 g/mol. The zero-order valence-electron chi connectivity index (χ0n) is 11.9. The highest BCUT2D eigenvalue weighted by molar-refractivity contribution is 6.08. The van der Waals surface area contributed by atoms with Gasteiger partial charge < -0.3 is 15.4 Å². The summed E-state index contributed by atoms with van der Waals surface area (Å²) in [7, 11) is 1.41. The van der Waals surface area contributed by atoms with E-state index >= 15 is 0 Å². The van der Waals surface area contributed by atoms with Crippen LogP contribution in [0, 0.1) is 0 Å². The fourth-order valence-corrected chi connectivity index (χ4v) is 2.39. The minimum atomic E-state index is -0.679. The number of rotatable bonds is 3. The maximum absolute atomic E-state index is 12.7. The lowest BCUT2D eigenvalue weighted by Crippen LogP contribution is -2.59. The first-order valence-electron chi connectivity index (χ1n) is 6.56. The summed E-state index contributed by atoms with van der Waals surface area (Å²) < 4.78 is 5.15. The van der Waals surface area contributed by atoms with Crippen LogP contribution in [0.5, 0.6) is 5.75 Å². The summed E-state index contributed by atoms with van der Waals surface area (Å²) in [4.78, 5) is 37.2. The molecule has 112 valence electrons. The molecule has 1 aromatic rings. The number of piperazine rings is 1. The Bertz CT molecular complexity index is 600. The van der Waals surface area contributed by atoms with Gasteiger partial charge in [0.2, 0.25) is 11.8 Å². The van der Waals surface area contributed by atoms with Crippen LogP contribution in [-0.2, 0) is 9.59 Å². The van der Waals surface area contributed by atoms with Crippen molar-refractivity contribution >= 4 is 23.4 Å². The van der Waals surface area contributed by atoms with Crippen molar-refractivity contribution in [2.75, 3.05) is 19.4 Å². The predicted octanol–water partition coefficient (Wildman–Crippen LogP) is 0.155. The number of hydrogen-bond acceptors (Lipinski definition) is 5. The summed E-state index contributed by atoms with van der Waals surface area (Å²) in [6.45, 7) is 1.61. The van der Waals surface area contributed by atoms with E-state index in [0.717, 1.165) is 0 Å². The molecule has 0 spiro atoms. The number of amides is 3. The third-order valence-electron chi connectivity index (χ3n) is 3.38. The Morgan fingerprint density at radius 2 is 2.19 bits per heavy atom. The number of carbonyl (C=O) groups is 3. The number of anilines is 1. The molecule has 0 bridgehead atoms. The summed E-state index contributed by atoms with van der Waals surface area (Å²) in [6, 6.07) is 4.11. The molecule has 1 atom stereocenters. The van der Waals surface area contributed by atoms with Gasteiger partial charge in [-0.05, 0) is 18.6 Å². The highest BCUT2D eigenvalue weighted by atomic mass is 16.5. The average Bonchev–Trinajstić information content (AvgIpc) is 2.45. The van der Waals surface area contributed by atoms with Crippen LogP contribution in [0.15, 0.2) is 18.2 Å². The summed E-state index contributed by atoms with van der Waals surface area (Å²) >= 11 is 0. The van der Waals surface area contributed by atoms with Gasteiger partial charge in [0.15, 0.2) is 5.75 Å². The highest BCUT2D eigenvalue weighted by Gasteiger charge is 2.36. The molecule has 0 aromatic heterocycles. The number of nitrogens with two attached hydrogens (primary N) is 1. The van der Waals surface area contributed by atoms with Gasteiger partial charge in [-0.15, -0.1) is 0 Å². The van der Waals surface area contributed by atoms with Crippen LogP contribution >= 0.6 is 0 Å². The van der Waals surface area contributed by atoms with E-state index in [9.17, 15) is 14.4 Å². The number of carbonyl (C=O) groups excluding carboxylic acids is 3. The molecule has 21 heavy (non-hydrogen) atoms. The number of ether oxygens (including phenoxy) is 1. The minimum absolute atomic E-state index is 0.166. The lowest BCUT2D eigenvalue weighted by molar-refractivity contribution is -0.138. The summed E-state index contributed by atoms with van der Waals surface area (Å²) in [6.07, 6.45) is 0.412. The number of hydrogen-bond donors (Lipinski definition) is 2. The number of methoxy groups -OCH3 is 1. The van der Waals surface area contributed by atoms with Crippen LogP contribution in [0.4, 0.5) is 5.69 Å². The molecule has 7 heteroatoms. The van der Waals surface area contributed by atoms with Crippen LogP contribution in [0.1, 0.15) is 23.7 Å². The van der Waals surface area contributed by atoms with Crippen molar-refractivity contribution < 1.29 is 19.1 Å². The van der Waals surface area contributed by atoms with Crippen molar-refractivity contribution in [1.82, 2.24) is 10.2 Å². The van der Waals surface area contributed by atoms with E-state index in [2.05, 4.69) is 5.32 Å². The van der Waals surface area contributed by atoms with Crippen LogP contribution in [0.25, 0.3) is 0 Å². The molecule has 1 aliphatic heterocycles. The number of nitrogens with zero attached hydrogens (tertiary/aromatic N) is 1. The van der Waals surface area contributed by atoms with Crippen LogP contribution in [0.2, 0.25) is 0 Å². The predicted molar refractivity (Wildman–Crippen MR) is 75.7 cm³/mol. The Kier molecular flexibility index (Phi) is 4.11. The van der Waals surface area contributed by atoms with Crippen LogP contribution in [-0.4, -0.2) is 42.3 Å². The second-order valence-corrected chi connectivity index (χ2v) is 4.70. The Labute approximate surface area is 122 Å². The number of benzene rings is 1. The third-order valence-corrected chi connectivity index (χ3v) is 3.38. The monoisotopic (exact) mass is 291 g/mol. The summed E-state index contributed by atoms with van der Waals surface area (Å²) in [5.41, 5.74) is 6.34. The Morgan fingerprint density at radius 3 is 2.81 bits per heavy atom. The van der Waals surface area contributed by atoms with Crippen molar-refractivity contribution in [2.24, 2.45) is 0 Å². The molecule has 3 amide bonds. The standard InChI is InChI=1S/C14H17N3O4/c1-3-10-13(19)16-11(18)7-17(10)14(20)8-5-4-6-9(15)12(8)21-2/h4-6,10H,3,7,15H2,1-2H3,(H,16,18,19). The summed E-state index contributed by atoms with van der Waals surface area (Å²) in [5.74, 6) is -1.17. The van der Waals surface area contributed by atoms with Crippen LogP contribution < -0.4 is 15.8 Å². The van der Waals surface area contributed by atoms with Crippen LogP contribution in [0.3, 0.4) is 0 Å². The number of imide groups is 1. The zero-order chi connectivity index (χ0) is 15.6. The molecule has 2 rings (SSSR count). The van der Waals surface area contributed by atoms with E-state index in [0.29, 0.717) is 12.1 Å². The Hall–Kier alpha value is -2.57. The van der Waals surface area contributed by atoms with E-state index in [1.807, 2.05) is 0 Å². The number of nitrogens with one attached hydrogen (secondary N) is 1. The molecule has 1 aromatic carbocycles. The fourth-order valence-electron chi connectivity index (χ4n) is 2.39. The zero-order valence-corrected chi connectivity index (χ0v) is 11.9. The van der Waals surface area contributed by atoms with E-state index in [1.165, 1.54) is 12.0 Å². The molecule has 7 nitrogen and oxygen atoms in total. The molecule has 1 saturated heterocycles. The highest BCUT2D eigenvalue weighted by Crippen LogP contribution is 2.28. The fraction of sp³-hybridized carbons (Fsp3) is 0.357. The van der Waals surface area contributed by atoms with E-state index < -0.39 is 23.8 Å². The van der Waals surface area contributed by atoms with E-state index in [-0.39, 0.29) is 17.9 Å². The van der Waals surface area contributed by atoms with Crippen molar-refractivity contribution in [1.29, 1.82) is 0 Å². The molecular weight excluding hydrogens is 274 g/mol. The van der Waals surface area contributed by atoms with Gasteiger partial charge in [-0.2, -0.15) is 0 Å². The topological polar surface area (TPSA) is 102 Å². The van der Waals surface area contributed by atoms with E-state index in [4.69, 9.17) is 10.5 Å². The first-order valence-corrected chi connectivity index (χ1v) is 6.56. The van der Waals surface area contributed by atoms with Gasteiger partial charge in [0.05, 0.1) is 18.4 Å². The van der Waals surface area contributed by atoms with Crippen molar-refractivity contribution in [3.63, 3.8) is 0 Å². The molecule has 1 aliphatic rings.